The monoisotopic (exact) mass is 364 g/mol. The van der Waals surface area contributed by atoms with Crippen molar-refractivity contribution in [1.82, 2.24) is 24.1 Å². The van der Waals surface area contributed by atoms with E-state index in [-0.39, 0.29) is 6.04 Å². The molecule has 0 spiro atoms. The summed E-state index contributed by atoms with van der Waals surface area (Å²) in [4.78, 5) is 8.92. The van der Waals surface area contributed by atoms with E-state index in [1.54, 1.807) is 10.9 Å². The van der Waals surface area contributed by atoms with Crippen molar-refractivity contribution in [1.29, 1.82) is 0 Å². The minimum atomic E-state index is -3.12. The maximum atomic E-state index is 11.6. The second-order valence-electron chi connectivity index (χ2n) is 6.44. The molecule has 9 nitrogen and oxygen atoms in total. The van der Waals surface area contributed by atoms with Crippen LogP contribution in [0, 0.1) is 0 Å². The first kappa shape index (κ1) is 16.3. The number of fused-ring (bicyclic) bond motifs is 3. The topological polar surface area (TPSA) is 102 Å². The molecule has 10 heteroatoms. The normalized spacial score (nSPS) is 18.3. The second kappa shape index (κ2) is 5.95. The summed E-state index contributed by atoms with van der Waals surface area (Å²) in [5, 5.41) is 7.69. The quantitative estimate of drug-likeness (QED) is 0.851. The molecule has 25 heavy (non-hydrogen) atoms. The molecule has 0 aliphatic carbocycles. The van der Waals surface area contributed by atoms with Crippen LogP contribution >= 0.6 is 0 Å². The molecular formula is C15H20N6O3S. The number of aryl methyl sites for hydroxylation is 1. The fourth-order valence-electron chi connectivity index (χ4n) is 3.24. The van der Waals surface area contributed by atoms with E-state index in [2.05, 4.69) is 20.4 Å². The Kier molecular flexibility index (Phi) is 3.88. The highest BCUT2D eigenvalue weighted by Gasteiger charge is 2.26. The predicted octanol–water partition coefficient (Wildman–Crippen LogP) is 0.605. The lowest BCUT2D eigenvalue weighted by atomic mass is 10.1. The third-order valence-corrected chi connectivity index (χ3v) is 5.84. The first-order valence-corrected chi connectivity index (χ1v) is 9.99. The lowest BCUT2D eigenvalue weighted by Gasteiger charge is -2.30. The fraction of sp³-hybridized carbons (Fsp3) is 0.533. The molecule has 1 saturated heterocycles. The van der Waals surface area contributed by atoms with Crippen LogP contribution in [0.5, 0.6) is 5.75 Å². The number of aromatic nitrogens is 4. The summed E-state index contributed by atoms with van der Waals surface area (Å²) >= 11 is 0. The number of hydrogen-bond acceptors (Lipinski definition) is 7. The number of rotatable bonds is 3. The minimum absolute atomic E-state index is 0.147. The van der Waals surface area contributed by atoms with Crippen molar-refractivity contribution in [2.24, 2.45) is 7.05 Å². The van der Waals surface area contributed by atoms with Crippen LogP contribution in [0.15, 0.2) is 12.4 Å². The van der Waals surface area contributed by atoms with Gasteiger partial charge in [-0.05, 0) is 12.8 Å². The van der Waals surface area contributed by atoms with Crippen LogP contribution in [0.3, 0.4) is 0 Å². The lowest BCUT2D eigenvalue weighted by molar-refractivity contribution is 0.293. The van der Waals surface area contributed by atoms with Gasteiger partial charge in [0.25, 0.3) is 0 Å². The van der Waals surface area contributed by atoms with Crippen LogP contribution < -0.4 is 10.1 Å². The molecule has 0 amide bonds. The van der Waals surface area contributed by atoms with Crippen molar-refractivity contribution in [3.05, 3.63) is 18.1 Å². The van der Waals surface area contributed by atoms with Crippen LogP contribution in [0.2, 0.25) is 0 Å². The molecule has 2 aliphatic heterocycles. The Morgan fingerprint density at radius 2 is 2.08 bits per heavy atom. The molecule has 1 N–H and O–H groups in total. The van der Waals surface area contributed by atoms with E-state index in [0.29, 0.717) is 31.4 Å². The molecule has 2 aromatic rings. The molecule has 4 heterocycles. The van der Waals surface area contributed by atoms with Crippen LogP contribution in [-0.4, -0.2) is 57.9 Å². The zero-order valence-electron chi connectivity index (χ0n) is 14.1. The molecule has 0 atom stereocenters. The molecule has 2 aliphatic rings. The number of anilines is 1. The average Bonchev–Trinajstić information content (AvgIpc) is 2.95. The Morgan fingerprint density at radius 1 is 1.32 bits per heavy atom. The number of sulfonamides is 1. The molecule has 4 rings (SSSR count). The van der Waals surface area contributed by atoms with Crippen molar-refractivity contribution in [2.45, 2.75) is 25.5 Å². The highest BCUT2D eigenvalue weighted by atomic mass is 32.2. The number of piperidine rings is 1. The standard InChI is InChI=1S/C15H20N6O3S/c1-20-8-11-12(19-20)9-24-13-7-16-15(18-14(11)13)17-10-3-5-21(6-4-10)25(2,22)23/h7-8,10H,3-6,9H2,1-2H3,(H,16,17,18). The summed E-state index contributed by atoms with van der Waals surface area (Å²) in [7, 11) is -1.25. The SMILES string of the molecule is Cn1cc2c(n1)COc1cnc(NC3CCN(S(C)(=O)=O)CC3)nc1-2. The Hall–Kier alpha value is -2.20. The van der Waals surface area contributed by atoms with Gasteiger partial charge in [-0.1, -0.05) is 0 Å². The van der Waals surface area contributed by atoms with Gasteiger partial charge >= 0.3 is 0 Å². The first-order chi connectivity index (χ1) is 11.9. The van der Waals surface area contributed by atoms with Gasteiger partial charge in [-0.15, -0.1) is 0 Å². The Labute approximate surface area is 146 Å². The highest BCUT2D eigenvalue weighted by Crippen LogP contribution is 2.35. The van der Waals surface area contributed by atoms with Gasteiger partial charge in [0.05, 0.1) is 12.5 Å². The summed E-state index contributed by atoms with van der Waals surface area (Å²) < 4.78 is 32.1. The fourth-order valence-corrected chi connectivity index (χ4v) is 4.11. The van der Waals surface area contributed by atoms with Gasteiger partial charge in [-0.3, -0.25) is 4.68 Å². The van der Waals surface area contributed by atoms with Gasteiger partial charge < -0.3 is 10.1 Å². The van der Waals surface area contributed by atoms with Gasteiger partial charge in [0, 0.05) is 37.9 Å². The van der Waals surface area contributed by atoms with Gasteiger partial charge in [0.1, 0.15) is 18.0 Å². The smallest absolute Gasteiger partial charge is 0.223 e. The first-order valence-electron chi connectivity index (χ1n) is 8.14. The third-order valence-electron chi connectivity index (χ3n) is 4.54. The second-order valence-corrected chi connectivity index (χ2v) is 8.42. The van der Waals surface area contributed by atoms with Crippen molar-refractivity contribution in [3.63, 3.8) is 0 Å². The summed E-state index contributed by atoms with van der Waals surface area (Å²) in [6, 6.07) is 0.147. The van der Waals surface area contributed by atoms with E-state index < -0.39 is 10.0 Å². The number of nitrogens with one attached hydrogen (secondary N) is 1. The van der Waals surface area contributed by atoms with Crippen molar-refractivity contribution in [3.8, 4) is 17.0 Å². The Bertz CT molecular complexity index is 902. The molecule has 2 aromatic heterocycles. The molecule has 0 bridgehead atoms. The van der Waals surface area contributed by atoms with Crippen molar-refractivity contribution < 1.29 is 13.2 Å². The average molecular weight is 364 g/mol. The maximum Gasteiger partial charge on any atom is 0.223 e. The van der Waals surface area contributed by atoms with E-state index >= 15 is 0 Å². The van der Waals surface area contributed by atoms with E-state index in [4.69, 9.17) is 4.74 Å². The zero-order chi connectivity index (χ0) is 17.6. The largest absolute Gasteiger partial charge is 0.483 e. The molecular weight excluding hydrogens is 344 g/mol. The highest BCUT2D eigenvalue weighted by molar-refractivity contribution is 7.88. The van der Waals surface area contributed by atoms with Crippen molar-refractivity contribution in [2.75, 3.05) is 24.7 Å². The minimum Gasteiger partial charge on any atom is -0.483 e. The van der Waals surface area contributed by atoms with Gasteiger partial charge in [-0.25, -0.2) is 22.7 Å². The lowest BCUT2D eigenvalue weighted by Crippen LogP contribution is -2.42. The van der Waals surface area contributed by atoms with Gasteiger partial charge in [0.2, 0.25) is 16.0 Å². The maximum absolute atomic E-state index is 11.6. The van der Waals surface area contributed by atoms with Crippen LogP contribution in [0.25, 0.3) is 11.3 Å². The summed E-state index contributed by atoms with van der Waals surface area (Å²) in [6.45, 7) is 1.44. The van der Waals surface area contributed by atoms with E-state index in [0.717, 1.165) is 29.8 Å². The summed E-state index contributed by atoms with van der Waals surface area (Å²) in [5.41, 5.74) is 2.56. The van der Waals surface area contributed by atoms with Crippen molar-refractivity contribution >= 4 is 16.0 Å². The Balaban J connectivity index is 1.50. The molecule has 134 valence electrons. The number of ether oxygens (including phenoxy) is 1. The van der Waals surface area contributed by atoms with Gasteiger partial charge in [-0.2, -0.15) is 5.10 Å². The summed E-state index contributed by atoms with van der Waals surface area (Å²) in [6.07, 6.45) is 6.30. The van der Waals surface area contributed by atoms with Crippen LogP contribution in [0.1, 0.15) is 18.5 Å². The van der Waals surface area contributed by atoms with Crippen LogP contribution in [0.4, 0.5) is 5.95 Å². The molecule has 0 saturated carbocycles. The number of hydrogen-bond donors (Lipinski definition) is 1. The molecule has 0 radical (unpaired) electrons. The molecule has 0 unspecified atom stereocenters. The van der Waals surface area contributed by atoms with Crippen LogP contribution in [-0.2, 0) is 23.7 Å². The van der Waals surface area contributed by atoms with E-state index in [9.17, 15) is 8.42 Å². The Morgan fingerprint density at radius 3 is 2.80 bits per heavy atom. The summed E-state index contributed by atoms with van der Waals surface area (Å²) in [5.74, 6) is 1.18. The molecule has 0 aromatic carbocycles. The third kappa shape index (κ3) is 3.19. The van der Waals surface area contributed by atoms with E-state index in [1.807, 2.05) is 13.2 Å². The van der Waals surface area contributed by atoms with E-state index in [1.165, 1.54) is 10.6 Å². The number of nitrogens with zero attached hydrogens (tertiary/aromatic N) is 5. The molecule has 1 fully saturated rings. The predicted molar refractivity (Wildman–Crippen MR) is 91.6 cm³/mol. The van der Waals surface area contributed by atoms with Gasteiger partial charge in [0.15, 0.2) is 5.75 Å². The zero-order valence-corrected chi connectivity index (χ0v) is 15.0.